The molecule has 1 aliphatic heterocycles. The van der Waals surface area contributed by atoms with Crippen LogP contribution < -0.4 is 9.64 Å². The molecule has 0 fully saturated rings. The second kappa shape index (κ2) is 5.19. The van der Waals surface area contributed by atoms with Gasteiger partial charge in [-0.15, -0.1) is 0 Å². The van der Waals surface area contributed by atoms with E-state index in [9.17, 15) is 4.79 Å². The van der Waals surface area contributed by atoms with E-state index in [1.54, 1.807) is 11.9 Å². The van der Waals surface area contributed by atoms with Gasteiger partial charge in [0.05, 0.1) is 18.2 Å². The van der Waals surface area contributed by atoms with Gasteiger partial charge in [-0.25, -0.2) is 0 Å². The third kappa shape index (κ3) is 2.79. The fraction of sp³-hybridized carbons (Fsp3) is 0.312. The van der Waals surface area contributed by atoms with Gasteiger partial charge in [0.1, 0.15) is 5.75 Å². The predicted molar refractivity (Wildman–Crippen MR) is 76.2 cm³/mol. The summed E-state index contributed by atoms with van der Waals surface area (Å²) in [5, 5.41) is 0. The second-order valence-corrected chi connectivity index (χ2v) is 4.82. The maximum Gasteiger partial charge on any atom is 0.233 e. The summed E-state index contributed by atoms with van der Waals surface area (Å²) in [6.45, 7) is 7.88. The lowest BCUT2D eigenvalue weighted by Gasteiger charge is -2.17. The summed E-state index contributed by atoms with van der Waals surface area (Å²) in [4.78, 5) is 13.7. The number of nitrogens with zero attached hydrogens (tertiary/aromatic N) is 1. The van der Waals surface area contributed by atoms with Gasteiger partial charge >= 0.3 is 0 Å². The zero-order valence-electron chi connectivity index (χ0n) is 11.5. The van der Waals surface area contributed by atoms with E-state index >= 15 is 0 Å². The topological polar surface area (TPSA) is 29.5 Å². The van der Waals surface area contributed by atoms with E-state index in [4.69, 9.17) is 4.74 Å². The highest BCUT2D eigenvalue weighted by Crippen LogP contribution is 2.32. The zero-order chi connectivity index (χ0) is 14.0. The number of amides is 1. The summed E-state index contributed by atoms with van der Waals surface area (Å²) in [6.07, 6.45) is 0. The van der Waals surface area contributed by atoms with Crippen LogP contribution >= 0.6 is 0 Å². The summed E-state index contributed by atoms with van der Waals surface area (Å²) < 4.78 is 5.65. The number of ether oxygens (including phenoxy) is 1. The first-order valence-corrected chi connectivity index (χ1v) is 6.21. The number of hydrogen-bond donors (Lipinski definition) is 0. The van der Waals surface area contributed by atoms with Crippen molar-refractivity contribution in [3.63, 3.8) is 0 Å². The van der Waals surface area contributed by atoms with Gasteiger partial charge in [-0.1, -0.05) is 25.3 Å². The van der Waals surface area contributed by atoms with Crippen LogP contribution in [0.25, 0.3) is 0 Å². The first-order chi connectivity index (χ1) is 8.99. The smallest absolute Gasteiger partial charge is 0.233 e. The maximum absolute atomic E-state index is 12.1. The number of fused-ring (bicyclic) bond motifs is 1. The van der Waals surface area contributed by atoms with Crippen LogP contribution in [0.4, 0.5) is 5.69 Å². The van der Waals surface area contributed by atoms with Crippen molar-refractivity contribution >= 4 is 11.6 Å². The van der Waals surface area contributed by atoms with Crippen LogP contribution in [0.2, 0.25) is 0 Å². The van der Waals surface area contributed by atoms with Crippen LogP contribution in [0.1, 0.15) is 19.4 Å². The maximum atomic E-state index is 12.1. The van der Waals surface area contributed by atoms with Gasteiger partial charge in [-0.3, -0.25) is 4.79 Å². The van der Waals surface area contributed by atoms with E-state index in [1.165, 1.54) is 0 Å². The van der Waals surface area contributed by atoms with Gasteiger partial charge in [0, 0.05) is 12.6 Å². The Kier molecular flexibility index (Phi) is 3.62. The highest BCUT2D eigenvalue weighted by Gasteiger charge is 2.25. The van der Waals surface area contributed by atoms with E-state index in [1.807, 2.05) is 32.0 Å². The normalized spacial score (nSPS) is 17.7. The molecule has 1 heterocycles. The fourth-order valence-electron chi connectivity index (χ4n) is 1.89. The molecule has 1 atom stereocenters. The minimum absolute atomic E-state index is 0.0590. The van der Waals surface area contributed by atoms with Gasteiger partial charge in [-0.2, -0.15) is 0 Å². The molecule has 3 nitrogen and oxygen atoms in total. The first-order valence-electron chi connectivity index (χ1n) is 6.21. The Hall–Kier alpha value is -2.21. The van der Waals surface area contributed by atoms with E-state index < -0.39 is 0 Å². The van der Waals surface area contributed by atoms with E-state index in [2.05, 4.69) is 18.4 Å². The van der Waals surface area contributed by atoms with Gasteiger partial charge in [0.25, 0.3) is 0 Å². The quantitative estimate of drug-likeness (QED) is 0.667. The lowest BCUT2D eigenvalue weighted by Crippen LogP contribution is -2.31. The number of benzene rings is 1. The third-order valence-corrected chi connectivity index (χ3v) is 2.98. The molecule has 1 amide bonds. The monoisotopic (exact) mass is 255 g/mol. The molecule has 0 aromatic heterocycles. The lowest BCUT2D eigenvalue weighted by molar-refractivity contribution is -0.122. The Balaban J connectivity index is 2.42. The molecule has 1 aromatic rings. The standard InChI is InChI=1S/C16H17NO2/c1-11(2)5-6-13-7-8-15-14(9-13)17(4)16(18)12(3)10-19-15/h7-9,12H,1,10H2,2-4H3/t12-/m0/s1. The number of allylic oxidation sites excluding steroid dienone is 1. The molecular formula is C16H17NO2. The highest BCUT2D eigenvalue weighted by molar-refractivity contribution is 5.96. The van der Waals surface area contributed by atoms with Crippen molar-refractivity contribution in [1.29, 1.82) is 0 Å². The molecular weight excluding hydrogens is 238 g/mol. The van der Waals surface area contributed by atoms with Crippen LogP contribution in [-0.2, 0) is 4.79 Å². The lowest BCUT2D eigenvalue weighted by atomic mass is 10.1. The van der Waals surface area contributed by atoms with E-state index in [0.29, 0.717) is 6.61 Å². The molecule has 1 aliphatic rings. The van der Waals surface area contributed by atoms with Gasteiger partial charge < -0.3 is 9.64 Å². The van der Waals surface area contributed by atoms with E-state index in [0.717, 1.165) is 22.6 Å². The van der Waals surface area contributed by atoms with Crippen LogP contribution in [0.15, 0.2) is 30.4 Å². The molecule has 0 bridgehead atoms. The Morgan fingerprint density at radius 3 is 2.95 bits per heavy atom. The fourth-order valence-corrected chi connectivity index (χ4v) is 1.89. The third-order valence-electron chi connectivity index (χ3n) is 2.98. The molecule has 2 rings (SSSR count). The molecule has 0 saturated carbocycles. The minimum atomic E-state index is -0.137. The number of anilines is 1. The van der Waals surface area contributed by atoms with Crippen molar-refractivity contribution in [3.05, 3.63) is 35.9 Å². The van der Waals surface area contributed by atoms with Crippen LogP contribution in [-0.4, -0.2) is 19.6 Å². The molecule has 0 spiro atoms. The molecule has 1 aromatic carbocycles. The average molecular weight is 255 g/mol. The van der Waals surface area contributed by atoms with Crippen molar-refractivity contribution in [2.45, 2.75) is 13.8 Å². The molecule has 0 N–H and O–H groups in total. The number of carbonyl (C=O) groups excluding carboxylic acids is 1. The summed E-state index contributed by atoms with van der Waals surface area (Å²) in [5.74, 6) is 6.59. The first kappa shape index (κ1) is 13.2. The molecule has 19 heavy (non-hydrogen) atoms. The van der Waals surface area contributed by atoms with Crippen LogP contribution in [0.5, 0.6) is 5.75 Å². The molecule has 0 aliphatic carbocycles. The average Bonchev–Trinajstić information content (AvgIpc) is 2.49. The number of carbonyl (C=O) groups is 1. The van der Waals surface area contributed by atoms with Crippen LogP contribution in [0.3, 0.4) is 0 Å². The zero-order valence-corrected chi connectivity index (χ0v) is 11.5. The molecule has 3 heteroatoms. The van der Waals surface area contributed by atoms with Crippen molar-refractivity contribution in [1.82, 2.24) is 0 Å². The second-order valence-electron chi connectivity index (χ2n) is 4.82. The highest BCUT2D eigenvalue weighted by atomic mass is 16.5. The Morgan fingerprint density at radius 2 is 2.26 bits per heavy atom. The summed E-state index contributed by atoms with van der Waals surface area (Å²) >= 11 is 0. The van der Waals surface area contributed by atoms with E-state index in [-0.39, 0.29) is 11.8 Å². The van der Waals surface area contributed by atoms with Crippen molar-refractivity contribution < 1.29 is 9.53 Å². The van der Waals surface area contributed by atoms with Crippen LogP contribution in [0, 0.1) is 17.8 Å². The van der Waals surface area contributed by atoms with Gasteiger partial charge in [-0.05, 0) is 30.7 Å². The Morgan fingerprint density at radius 1 is 1.53 bits per heavy atom. The van der Waals surface area contributed by atoms with Gasteiger partial charge in [0.15, 0.2) is 0 Å². The SMILES string of the molecule is C=C(C)C#Cc1ccc2c(c1)N(C)C(=O)[C@@H](C)CO2. The number of rotatable bonds is 0. The summed E-state index contributed by atoms with van der Waals surface area (Å²) in [5.41, 5.74) is 2.42. The Labute approximate surface area is 113 Å². The van der Waals surface area contributed by atoms with Gasteiger partial charge in [0.2, 0.25) is 5.91 Å². The van der Waals surface area contributed by atoms with Crippen molar-refractivity contribution in [2.75, 3.05) is 18.6 Å². The molecule has 0 unspecified atom stereocenters. The Bertz CT molecular complexity index is 593. The minimum Gasteiger partial charge on any atom is -0.491 e. The summed E-state index contributed by atoms with van der Waals surface area (Å²) in [6, 6.07) is 5.63. The molecule has 98 valence electrons. The van der Waals surface area contributed by atoms with Crippen molar-refractivity contribution in [3.8, 4) is 17.6 Å². The van der Waals surface area contributed by atoms with Crippen molar-refractivity contribution in [2.24, 2.45) is 5.92 Å². The molecule has 0 saturated heterocycles. The summed E-state index contributed by atoms with van der Waals surface area (Å²) in [7, 11) is 1.77. The largest absolute Gasteiger partial charge is 0.491 e. The predicted octanol–water partition coefficient (Wildman–Crippen LogP) is 2.61. The number of hydrogen-bond acceptors (Lipinski definition) is 2. The molecule has 0 radical (unpaired) electrons.